The number of anilines is 3. The van der Waals surface area contributed by atoms with Crippen LogP contribution in [0, 0.1) is 6.92 Å². The van der Waals surface area contributed by atoms with Crippen LogP contribution >= 0.6 is 0 Å². The summed E-state index contributed by atoms with van der Waals surface area (Å²) in [4.78, 5) is 2.93. The molecule has 4 aromatic carbocycles. The van der Waals surface area contributed by atoms with Crippen molar-refractivity contribution >= 4 is 27.0 Å². The average Bonchev–Trinajstić information content (AvgIpc) is 3.76. The van der Waals surface area contributed by atoms with Gasteiger partial charge in [0.1, 0.15) is 16.0 Å². The van der Waals surface area contributed by atoms with E-state index in [0.717, 1.165) is 54.1 Å². The zero-order valence-electron chi connectivity index (χ0n) is 25.7. The predicted octanol–water partition coefficient (Wildman–Crippen LogP) is 7.83. The maximum atomic E-state index is 15.2. The first-order valence-corrected chi connectivity index (χ1v) is 16.6. The summed E-state index contributed by atoms with van der Waals surface area (Å²) in [7, 11) is -2.97. The van der Waals surface area contributed by atoms with Crippen molar-refractivity contribution in [2.45, 2.75) is 57.0 Å². The Morgan fingerprint density at radius 3 is 1.86 bits per heavy atom. The standard InChI is InChI=1S/C35H39N7OS/c1-27-17-23-32(24-18-27)44(43,40-25-11-12-26-40)37-33(34-36-38-39-42(34)35(2,3)4)28-19-21-31(22-20-28)41(29-13-7-5-8-14-29)30-15-9-6-10-16-30/h5-10,13-24,33H,11-12,25-26H2,1-4H3. The lowest BCUT2D eigenvalue weighted by atomic mass is 10.0. The van der Waals surface area contributed by atoms with Crippen molar-refractivity contribution in [2.24, 2.45) is 4.36 Å². The van der Waals surface area contributed by atoms with Gasteiger partial charge in [0.2, 0.25) is 0 Å². The molecule has 0 aliphatic carbocycles. The Balaban J connectivity index is 1.51. The van der Waals surface area contributed by atoms with Crippen LogP contribution in [0.1, 0.15) is 56.6 Å². The molecule has 0 radical (unpaired) electrons. The number of rotatable bonds is 8. The largest absolute Gasteiger partial charge is 0.311 e. The summed E-state index contributed by atoms with van der Waals surface area (Å²) in [5, 5.41) is 12.9. The molecule has 2 heterocycles. The monoisotopic (exact) mass is 605 g/mol. The van der Waals surface area contributed by atoms with E-state index in [1.54, 1.807) is 4.68 Å². The molecule has 1 fully saturated rings. The van der Waals surface area contributed by atoms with Gasteiger partial charge >= 0.3 is 0 Å². The highest BCUT2D eigenvalue weighted by Gasteiger charge is 2.32. The molecule has 0 N–H and O–H groups in total. The zero-order valence-corrected chi connectivity index (χ0v) is 26.6. The molecule has 9 heteroatoms. The maximum Gasteiger partial charge on any atom is 0.181 e. The van der Waals surface area contributed by atoms with E-state index >= 15 is 4.21 Å². The Hall–Kier alpha value is -4.34. The van der Waals surface area contributed by atoms with Gasteiger partial charge in [-0.1, -0.05) is 66.2 Å². The second-order valence-electron chi connectivity index (χ2n) is 12.2. The Morgan fingerprint density at radius 2 is 1.32 bits per heavy atom. The molecule has 0 saturated carbocycles. The highest BCUT2D eigenvalue weighted by molar-refractivity contribution is 7.91. The lowest BCUT2D eigenvalue weighted by molar-refractivity contribution is 0.331. The number of aromatic nitrogens is 4. The van der Waals surface area contributed by atoms with Crippen molar-refractivity contribution in [2.75, 3.05) is 18.0 Å². The zero-order chi connectivity index (χ0) is 30.7. The Labute approximate surface area is 260 Å². The normalized spacial score (nSPS) is 15.9. The molecule has 0 amide bonds. The summed E-state index contributed by atoms with van der Waals surface area (Å²) < 4.78 is 24.2. The van der Waals surface area contributed by atoms with Crippen molar-refractivity contribution in [3.63, 3.8) is 0 Å². The fourth-order valence-corrected chi connectivity index (χ4v) is 7.88. The molecular weight excluding hydrogens is 567 g/mol. The van der Waals surface area contributed by atoms with Gasteiger partial charge < -0.3 is 4.90 Å². The summed E-state index contributed by atoms with van der Waals surface area (Å²) in [5.41, 5.74) is 4.69. The highest BCUT2D eigenvalue weighted by Crippen LogP contribution is 2.37. The van der Waals surface area contributed by atoms with Crippen molar-refractivity contribution in [1.82, 2.24) is 24.5 Å². The number of para-hydroxylation sites is 2. The SMILES string of the molecule is Cc1ccc(S(=O)(=NC(c2ccc(N(c3ccccc3)c3ccccc3)cc2)c2nnnn2C(C)(C)C)N2CCCC2)cc1. The van der Waals surface area contributed by atoms with Gasteiger partial charge in [-0.3, -0.25) is 0 Å². The maximum absolute atomic E-state index is 15.2. The molecule has 1 aliphatic rings. The molecule has 2 atom stereocenters. The number of hydrogen-bond acceptors (Lipinski definition) is 6. The van der Waals surface area contributed by atoms with Gasteiger partial charge in [0.05, 0.1) is 10.4 Å². The third-order valence-electron chi connectivity index (χ3n) is 7.86. The molecule has 5 aromatic rings. The van der Waals surface area contributed by atoms with Crippen LogP contribution in [-0.4, -0.2) is 41.8 Å². The van der Waals surface area contributed by atoms with E-state index in [0.29, 0.717) is 10.7 Å². The van der Waals surface area contributed by atoms with Crippen molar-refractivity contribution < 1.29 is 4.21 Å². The van der Waals surface area contributed by atoms with Gasteiger partial charge in [0.15, 0.2) is 5.82 Å². The van der Waals surface area contributed by atoms with Crippen molar-refractivity contribution in [3.05, 3.63) is 126 Å². The highest BCUT2D eigenvalue weighted by atomic mass is 32.2. The number of tetrazole rings is 1. The topological polar surface area (TPSA) is 79.5 Å². The van der Waals surface area contributed by atoms with E-state index in [9.17, 15) is 0 Å². The van der Waals surface area contributed by atoms with Gasteiger partial charge in [0.25, 0.3) is 0 Å². The minimum absolute atomic E-state index is 0.400. The van der Waals surface area contributed by atoms with Crippen LogP contribution in [0.5, 0.6) is 0 Å². The second-order valence-corrected chi connectivity index (χ2v) is 14.4. The van der Waals surface area contributed by atoms with Gasteiger partial charge in [-0.2, -0.15) is 0 Å². The summed E-state index contributed by atoms with van der Waals surface area (Å²) in [5.74, 6) is 0.562. The first kappa shape index (κ1) is 29.7. The van der Waals surface area contributed by atoms with Crippen LogP contribution in [-0.2, 0) is 15.5 Å². The summed E-state index contributed by atoms with van der Waals surface area (Å²) >= 11 is 0. The fourth-order valence-electron chi connectivity index (χ4n) is 5.58. The van der Waals surface area contributed by atoms with Crippen molar-refractivity contribution in [3.8, 4) is 0 Å². The van der Waals surface area contributed by atoms with E-state index in [2.05, 4.69) is 89.7 Å². The molecule has 6 rings (SSSR count). The van der Waals surface area contributed by atoms with Gasteiger partial charge in [0, 0.05) is 30.2 Å². The number of nitrogens with zero attached hydrogens (tertiary/aromatic N) is 7. The molecule has 8 nitrogen and oxygen atoms in total. The molecule has 44 heavy (non-hydrogen) atoms. The predicted molar refractivity (Wildman–Crippen MR) is 177 cm³/mol. The van der Waals surface area contributed by atoms with E-state index in [-0.39, 0.29) is 0 Å². The molecule has 226 valence electrons. The minimum atomic E-state index is -2.97. The minimum Gasteiger partial charge on any atom is -0.311 e. The first-order chi connectivity index (χ1) is 21.2. The summed E-state index contributed by atoms with van der Waals surface area (Å²) in [6.45, 7) is 9.67. The lowest BCUT2D eigenvalue weighted by Gasteiger charge is -2.27. The van der Waals surface area contributed by atoms with Crippen LogP contribution in [0.2, 0.25) is 0 Å². The molecule has 0 bridgehead atoms. The molecule has 1 saturated heterocycles. The third-order valence-corrected chi connectivity index (χ3v) is 10.3. The van der Waals surface area contributed by atoms with Crippen LogP contribution in [0.25, 0.3) is 0 Å². The summed E-state index contributed by atoms with van der Waals surface area (Å²) in [6.07, 6.45) is 1.98. The lowest BCUT2D eigenvalue weighted by Crippen LogP contribution is -2.30. The third kappa shape index (κ3) is 6.02. The Bertz CT molecular complexity index is 1760. The van der Waals surface area contributed by atoms with E-state index in [1.165, 1.54) is 0 Å². The molecule has 1 aromatic heterocycles. The van der Waals surface area contributed by atoms with Gasteiger partial charge in [-0.05, 0) is 105 Å². The number of benzene rings is 4. The molecular formula is C35H39N7OS. The van der Waals surface area contributed by atoms with Crippen LogP contribution < -0.4 is 4.90 Å². The molecule has 1 aliphatic heterocycles. The van der Waals surface area contributed by atoms with Crippen LogP contribution in [0.4, 0.5) is 17.1 Å². The number of hydrogen-bond donors (Lipinski definition) is 0. The summed E-state index contributed by atoms with van der Waals surface area (Å²) in [6, 6.07) is 36.2. The average molecular weight is 606 g/mol. The fraction of sp³-hybridized carbons (Fsp3) is 0.286. The van der Waals surface area contributed by atoms with E-state index in [1.807, 2.05) is 71.9 Å². The van der Waals surface area contributed by atoms with E-state index < -0.39 is 21.5 Å². The van der Waals surface area contributed by atoms with E-state index in [4.69, 9.17) is 4.36 Å². The van der Waals surface area contributed by atoms with Gasteiger partial charge in [-0.25, -0.2) is 17.6 Å². The smallest absolute Gasteiger partial charge is 0.181 e. The Kier molecular flexibility index (Phi) is 8.33. The van der Waals surface area contributed by atoms with Crippen LogP contribution in [0.3, 0.4) is 0 Å². The quantitative estimate of drug-likeness (QED) is 0.180. The number of aryl methyl sites for hydroxylation is 1. The Morgan fingerprint density at radius 1 is 0.773 bits per heavy atom. The van der Waals surface area contributed by atoms with Crippen LogP contribution in [0.15, 0.2) is 118 Å². The molecule has 0 spiro atoms. The second kappa shape index (κ2) is 12.3. The first-order valence-electron chi connectivity index (χ1n) is 15.1. The van der Waals surface area contributed by atoms with Crippen molar-refractivity contribution in [1.29, 1.82) is 0 Å². The van der Waals surface area contributed by atoms with Gasteiger partial charge in [-0.15, -0.1) is 5.10 Å². The molecule has 2 unspecified atom stereocenters.